The van der Waals surface area contributed by atoms with Gasteiger partial charge in [0, 0.05) is 6.42 Å². The second-order valence-corrected chi connectivity index (χ2v) is 7.78. The Morgan fingerprint density at radius 3 is 2.55 bits per heavy atom. The largest absolute Gasteiger partial charge is 0.506 e. The summed E-state index contributed by atoms with van der Waals surface area (Å²) in [5.74, 6) is -1.19. The maximum Gasteiger partial charge on any atom is 0.344 e. The van der Waals surface area contributed by atoms with Crippen molar-refractivity contribution >= 4 is 50.7 Å². The van der Waals surface area contributed by atoms with E-state index in [1.54, 1.807) is 32.1 Å². The quantitative estimate of drug-likeness (QED) is 0.539. The van der Waals surface area contributed by atoms with Crippen LogP contribution >= 0.6 is 27.7 Å². The molecule has 0 unspecified atom stereocenters. The molecule has 0 aliphatic carbocycles. The van der Waals surface area contributed by atoms with Crippen molar-refractivity contribution in [3.63, 3.8) is 0 Å². The van der Waals surface area contributed by atoms with Crippen molar-refractivity contribution in [2.24, 2.45) is 4.99 Å². The van der Waals surface area contributed by atoms with Crippen LogP contribution in [0.2, 0.25) is 0 Å². The highest BCUT2D eigenvalue weighted by atomic mass is 79.9. The van der Waals surface area contributed by atoms with Gasteiger partial charge in [-0.1, -0.05) is 18.7 Å². The number of hydrogen-bond acceptors (Lipinski definition) is 7. The fourth-order valence-electron chi connectivity index (χ4n) is 2.47. The fourth-order valence-corrected chi connectivity index (χ4v) is 3.96. The molecule has 2 N–H and O–H groups in total. The van der Waals surface area contributed by atoms with E-state index in [1.165, 1.54) is 0 Å². The molecule has 0 fully saturated rings. The number of phenolic OH excluding ortho intramolecular Hbond substituents is 1. The van der Waals surface area contributed by atoms with Crippen molar-refractivity contribution in [3.8, 4) is 11.5 Å². The zero-order valence-electron chi connectivity index (χ0n) is 16.3. The lowest BCUT2D eigenvalue weighted by Crippen LogP contribution is -2.14. The van der Waals surface area contributed by atoms with E-state index < -0.39 is 5.97 Å². The third kappa shape index (κ3) is 5.63. The summed E-state index contributed by atoms with van der Waals surface area (Å²) in [7, 11) is 0. The van der Waals surface area contributed by atoms with Crippen LogP contribution in [0.1, 0.15) is 39.2 Å². The Labute approximate surface area is 181 Å². The molecule has 0 atom stereocenters. The first-order valence-corrected chi connectivity index (χ1v) is 10.7. The first kappa shape index (κ1) is 23.0. The van der Waals surface area contributed by atoms with E-state index in [0.717, 1.165) is 11.8 Å². The molecule has 156 valence electrons. The van der Waals surface area contributed by atoms with Crippen LogP contribution in [-0.2, 0) is 14.3 Å². The summed E-state index contributed by atoms with van der Waals surface area (Å²) < 4.78 is 10.8. The highest BCUT2D eigenvalue weighted by molar-refractivity contribution is 9.10. The van der Waals surface area contributed by atoms with Crippen LogP contribution in [0.4, 0.5) is 0 Å². The summed E-state index contributed by atoms with van der Waals surface area (Å²) in [6, 6.07) is 3.24. The number of benzene rings is 1. The molecule has 2 rings (SSSR count). The lowest BCUT2D eigenvalue weighted by Gasteiger charge is -2.09. The Morgan fingerprint density at radius 2 is 1.93 bits per heavy atom. The molecule has 7 nitrogen and oxygen atoms in total. The van der Waals surface area contributed by atoms with Gasteiger partial charge in [-0.05, 0) is 60.0 Å². The number of aliphatic imine (C=N–C) groups is 1. The minimum Gasteiger partial charge on any atom is -0.506 e. The number of thioether (sulfide) groups is 1. The SMILES string of the molecule is CCCC(=O)N=C1S/C(=C\c2cc(Br)c(O)c(OCC)c2)C(O)=C1C(=O)OCC. The number of amides is 1. The monoisotopic (exact) mass is 483 g/mol. The molecule has 1 heterocycles. The molecule has 1 aromatic rings. The predicted octanol–water partition coefficient (Wildman–Crippen LogP) is 4.74. The van der Waals surface area contributed by atoms with Crippen molar-refractivity contribution in [1.29, 1.82) is 0 Å². The molecule has 9 heteroatoms. The van der Waals surface area contributed by atoms with Crippen molar-refractivity contribution in [3.05, 3.63) is 38.4 Å². The van der Waals surface area contributed by atoms with Crippen molar-refractivity contribution in [1.82, 2.24) is 0 Å². The number of aliphatic hydroxyl groups is 1. The van der Waals surface area contributed by atoms with E-state index in [9.17, 15) is 19.8 Å². The van der Waals surface area contributed by atoms with Crippen molar-refractivity contribution in [2.45, 2.75) is 33.6 Å². The van der Waals surface area contributed by atoms with E-state index in [4.69, 9.17) is 9.47 Å². The van der Waals surface area contributed by atoms with Crippen LogP contribution in [0.15, 0.2) is 37.8 Å². The average Bonchev–Trinajstić information content (AvgIpc) is 2.94. The molecule has 29 heavy (non-hydrogen) atoms. The van der Waals surface area contributed by atoms with Gasteiger partial charge in [0.05, 0.1) is 22.6 Å². The molecule has 1 aliphatic heterocycles. The molecule has 0 bridgehead atoms. The summed E-state index contributed by atoms with van der Waals surface area (Å²) in [4.78, 5) is 28.6. The van der Waals surface area contributed by atoms with E-state index >= 15 is 0 Å². The molecule has 1 amide bonds. The van der Waals surface area contributed by atoms with Gasteiger partial charge >= 0.3 is 5.97 Å². The molecular weight excluding hydrogens is 462 g/mol. The van der Waals surface area contributed by atoms with Crippen molar-refractivity contribution in [2.75, 3.05) is 13.2 Å². The van der Waals surface area contributed by atoms with Gasteiger partial charge < -0.3 is 19.7 Å². The van der Waals surface area contributed by atoms with Gasteiger partial charge in [-0.2, -0.15) is 0 Å². The minimum absolute atomic E-state index is 0.0348. The van der Waals surface area contributed by atoms with Gasteiger partial charge in [-0.15, -0.1) is 0 Å². The lowest BCUT2D eigenvalue weighted by molar-refractivity contribution is -0.138. The van der Waals surface area contributed by atoms with Gasteiger partial charge in [-0.3, -0.25) is 4.79 Å². The number of nitrogens with zero attached hydrogens (tertiary/aromatic N) is 1. The number of aliphatic hydroxyl groups excluding tert-OH is 1. The average molecular weight is 484 g/mol. The number of carbonyl (C=O) groups excluding carboxylic acids is 2. The summed E-state index contributed by atoms with van der Waals surface area (Å²) in [5, 5.41) is 20.8. The summed E-state index contributed by atoms with van der Waals surface area (Å²) >= 11 is 4.27. The lowest BCUT2D eigenvalue weighted by atomic mass is 10.1. The molecule has 0 saturated carbocycles. The van der Waals surface area contributed by atoms with Crippen LogP contribution in [0, 0.1) is 0 Å². The number of phenols is 1. The zero-order chi connectivity index (χ0) is 21.6. The van der Waals surface area contributed by atoms with Crippen molar-refractivity contribution < 1.29 is 29.3 Å². The molecule has 0 spiro atoms. The Hall–Kier alpha value is -2.26. The van der Waals surface area contributed by atoms with Gasteiger partial charge in [0.2, 0.25) is 5.91 Å². The Bertz CT molecular complexity index is 906. The Morgan fingerprint density at radius 1 is 1.21 bits per heavy atom. The van der Waals surface area contributed by atoms with E-state index in [1.807, 2.05) is 6.92 Å². The van der Waals surface area contributed by atoms with Crippen LogP contribution in [0.3, 0.4) is 0 Å². The Balaban J connectivity index is 2.50. The molecule has 1 aromatic carbocycles. The first-order chi connectivity index (χ1) is 13.8. The van der Waals surface area contributed by atoms with Gasteiger partial charge in [0.15, 0.2) is 11.5 Å². The number of esters is 1. The summed E-state index contributed by atoms with van der Waals surface area (Å²) in [5.41, 5.74) is 0.479. The highest BCUT2D eigenvalue weighted by Gasteiger charge is 2.33. The Kier molecular flexibility index (Phi) is 8.33. The number of ether oxygens (including phenoxy) is 2. The number of rotatable bonds is 7. The number of aromatic hydroxyl groups is 1. The third-order valence-corrected chi connectivity index (χ3v) is 5.33. The maximum atomic E-state index is 12.3. The first-order valence-electron chi connectivity index (χ1n) is 9.09. The zero-order valence-corrected chi connectivity index (χ0v) is 18.7. The summed E-state index contributed by atoms with van der Waals surface area (Å²) in [6.45, 7) is 5.78. The number of hydrogen-bond donors (Lipinski definition) is 2. The highest BCUT2D eigenvalue weighted by Crippen LogP contribution is 2.41. The van der Waals surface area contributed by atoms with Gasteiger partial charge in [0.1, 0.15) is 16.4 Å². The maximum absolute atomic E-state index is 12.3. The minimum atomic E-state index is -0.745. The standard InChI is InChI=1S/C20H22BrNO6S/c1-4-7-15(23)22-19-16(20(26)28-6-3)18(25)14(29-19)10-11-8-12(21)17(24)13(9-11)27-5-2/h8-10,24-25H,4-7H2,1-3H3/b14-10-,22-19?. The number of carbonyl (C=O) groups is 2. The van der Waals surface area contributed by atoms with Crippen LogP contribution in [-0.4, -0.2) is 40.3 Å². The molecular formula is C20H22BrNO6S. The molecule has 0 saturated heterocycles. The van der Waals surface area contributed by atoms with E-state index in [0.29, 0.717) is 28.0 Å². The third-order valence-electron chi connectivity index (χ3n) is 3.71. The van der Waals surface area contributed by atoms with Crippen LogP contribution in [0.5, 0.6) is 11.5 Å². The van der Waals surface area contributed by atoms with E-state index in [2.05, 4.69) is 20.9 Å². The normalized spacial score (nSPS) is 16.6. The topological polar surface area (TPSA) is 105 Å². The summed E-state index contributed by atoms with van der Waals surface area (Å²) in [6.07, 6.45) is 2.47. The fraction of sp³-hybridized carbons (Fsp3) is 0.350. The second kappa shape index (κ2) is 10.5. The smallest absolute Gasteiger partial charge is 0.344 e. The molecule has 0 aromatic heterocycles. The van der Waals surface area contributed by atoms with Crippen LogP contribution < -0.4 is 4.74 Å². The van der Waals surface area contributed by atoms with E-state index in [-0.39, 0.29) is 46.8 Å². The predicted molar refractivity (Wildman–Crippen MR) is 116 cm³/mol. The number of halogens is 1. The molecule has 0 radical (unpaired) electrons. The molecule has 1 aliphatic rings. The van der Waals surface area contributed by atoms with Crippen LogP contribution in [0.25, 0.3) is 6.08 Å². The second-order valence-electron chi connectivity index (χ2n) is 5.90. The van der Waals surface area contributed by atoms with Gasteiger partial charge in [-0.25, -0.2) is 9.79 Å². The van der Waals surface area contributed by atoms with Gasteiger partial charge in [0.25, 0.3) is 0 Å².